The van der Waals surface area contributed by atoms with E-state index in [-0.39, 0.29) is 0 Å². The van der Waals surface area contributed by atoms with Crippen LogP contribution in [0.4, 0.5) is 5.82 Å². The number of thiophene rings is 1. The lowest BCUT2D eigenvalue weighted by molar-refractivity contribution is 0.416. The highest BCUT2D eigenvalue weighted by atomic mass is 79.9. The summed E-state index contributed by atoms with van der Waals surface area (Å²) in [5, 5.41) is 9.75. The molecule has 3 N–H and O–H groups in total. The van der Waals surface area contributed by atoms with Crippen LogP contribution >= 0.6 is 38.9 Å². The fourth-order valence-electron chi connectivity index (χ4n) is 2.15. The molecular formula is C14H11BrClN3OS. The second-order valence-electron chi connectivity index (χ2n) is 4.34. The lowest BCUT2D eigenvalue weighted by atomic mass is 10.0. The lowest BCUT2D eigenvalue weighted by Crippen LogP contribution is -1.92. The van der Waals surface area contributed by atoms with Crippen LogP contribution < -0.4 is 10.5 Å². The van der Waals surface area contributed by atoms with Crippen LogP contribution in [0.2, 0.25) is 5.02 Å². The zero-order chi connectivity index (χ0) is 15.0. The van der Waals surface area contributed by atoms with E-state index in [1.807, 2.05) is 23.6 Å². The van der Waals surface area contributed by atoms with E-state index in [9.17, 15) is 0 Å². The first-order chi connectivity index (χ1) is 10.1. The maximum absolute atomic E-state index is 6.11. The number of ether oxygens (including phenoxy) is 1. The minimum Gasteiger partial charge on any atom is -0.496 e. The molecule has 0 saturated carbocycles. The molecule has 0 aliphatic heterocycles. The summed E-state index contributed by atoms with van der Waals surface area (Å²) in [6, 6.07) is 7.43. The number of benzene rings is 1. The Balaban J connectivity index is 2.24. The Bertz CT molecular complexity index is 799. The fraction of sp³-hybridized carbons (Fsp3) is 0.0714. The van der Waals surface area contributed by atoms with Gasteiger partial charge in [-0.2, -0.15) is 5.10 Å². The third-order valence-corrected chi connectivity index (χ3v) is 4.82. The number of hydrogen-bond donors (Lipinski definition) is 2. The van der Waals surface area contributed by atoms with Gasteiger partial charge in [0.05, 0.1) is 22.2 Å². The summed E-state index contributed by atoms with van der Waals surface area (Å²) in [5.41, 5.74) is 9.50. The molecule has 0 radical (unpaired) electrons. The van der Waals surface area contributed by atoms with Gasteiger partial charge in [-0.3, -0.25) is 5.10 Å². The normalized spacial score (nSPS) is 10.8. The second kappa shape index (κ2) is 5.71. The van der Waals surface area contributed by atoms with E-state index in [2.05, 4.69) is 26.1 Å². The Labute approximate surface area is 139 Å². The molecule has 0 spiro atoms. The van der Waals surface area contributed by atoms with Crippen molar-refractivity contribution in [3.8, 4) is 28.1 Å². The Hall–Kier alpha value is -1.50. The Morgan fingerprint density at radius 2 is 2.19 bits per heavy atom. The summed E-state index contributed by atoms with van der Waals surface area (Å²) in [4.78, 5) is 0. The molecule has 0 aliphatic carbocycles. The number of nitrogens with one attached hydrogen (secondary N) is 1. The highest BCUT2D eigenvalue weighted by Crippen LogP contribution is 2.42. The highest BCUT2D eigenvalue weighted by Gasteiger charge is 2.19. The number of halogens is 2. The van der Waals surface area contributed by atoms with Gasteiger partial charge in [-0.1, -0.05) is 11.6 Å². The van der Waals surface area contributed by atoms with Gasteiger partial charge < -0.3 is 10.5 Å². The van der Waals surface area contributed by atoms with Crippen LogP contribution in [-0.2, 0) is 0 Å². The maximum atomic E-state index is 6.11. The minimum atomic E-state index is 0.410. The first-order valence-corrected chi connectivity index (χ1v) is 8.07. The number of nitrogen functional groups attached to an aromatic ring is 1. The smallest absolute Gasteiger partial charge is 0.153 e. The molecule has 0 saturated heterocycles. The zero-order valence-electron chi connectivity index (χ0n) is 11.0. The van der Waals surface area contributed by atoms with E-state index in [4.69, 9.17) is 22.1 Å². The van der Waals surface area contributed by atoms with Crippen molar-refractivity contribution in [1.82, 2.24) is 10.2 Å². The molecule has 2 heterocycles. The van der Waals surface area contributed by atoms with Crippen molar-refractivity contribution in [2.45, 2.75) is 0 Å². The Morgan fingerprint density at radius 1 is 1.38 bits per heavy atom. The van der Waals surface area contributed by atoms with Gasteiger partial charge in [0.25, 0.3) is 0 Å². The maximum Gasteiger partial charge on any atom is 0.153 e. The number of H-pyrrole nitrogens is 1. The number of nitrogens with zero attached hydrogens (tertiary/aromatic N) is 1. The van der Waals surface area contributed by atoms with Crippen molar-refractivity contribution in [3.63, 3.8) is 0 Å². The fourth-order valence-corrected chi connectivity index (χ4v) is 3.47. The largest absolute Gasteiger partial charge is 0.496 e. The number of hydrogen-bond acceptors (Lipinski definition) is 4. The van der Waals surface area contributed by atoms with Gasteiger partial charge in [-0.25, -0.2) is 0 Å². The monoisotopic (exact) mass is 383 g/mol. The van der Waals surface area contributed by atoms with Crippen LogP contribution in [-0.4, -0.2) is 17.3 Å². The highest BCUT2D eigenvalue weighted by molar-refractivity contribution is 9.11. The van der Waals surface area contributed by atoms with Crippen LogP contribution in [0.25, 0.3) is 22.4 Å². The summed E-state index contributed by atoms with van der Waals surface area (Å²) in [6.07, 6.45) is 0. The van der Waals surface area contributed by atoms with Crippen molar-refractivity contribution in [2.75, 3.05) is 12.8 Å². The van der Waals surface area contributed by atoms with E-state index < -0.39 is 0 Å². The van der Waals surface area contributed by atoms with Gasteiger partial charge >= 0.3 is 0 Å². The minimum absolute atomic E-state index is 0.410. The van der Waals surface area contributed by atoms with Gasteiger partial charge in [0.1, 0.15) is 5.75 Å². The molecule has 0 aliphatic rings. The first kappa shape index (κ1) is 14.4. The van der Waals surface area contributed by atoms with E-state index in [0.717, 1.165) is 26.2 Å². The van der Waals surface area contributed by atoms with Crippen LogP contribution in [0.3, 0.4) is 0 Å². The number of anilines is 1. The molecular weight excluding hydrogens is 374 g/mol. The molecule has 1 aromatic carbocycles. The summed E-state index contributed by atoms with van der Waals surface area (Å²) in [6.45, 7) is 0. The van der Waals surface area contributed by atoms with Gasteiger partial charge in [0.15, 0.2) is 5.82 Å². The first-order valence-electron chi connectivity index (χ1n) is 6.02. The van der Waals surface area contributed by atoms with E-state index in [1.54, 1.807) is 24.5 Å². The van der Waals surface area contributed by atoms with E-state index in [0.29, 0.717) is 16.6 Å². The van der Waals surface area contributed by atoms with E-state index in [1.165, 1.54) is 0 Å². The van der Waals surface area contributed by atoms with Crippen molar-refractivity contribution < 1.29 is 4.74 Å². The molecule has 0 amide bonds. The molecule has 4 nitrogen and oxygen atoms in total. The van der Waals surface area contributed by atoms with Crippen molar-refractivity contribution in [1.29, 1.82) is 0 Å². The number of aromatic amines is 1. The molecule has 21 heavy (non-hydrogen) atoms. The van der Waals surface area contributed by atoms with Crippen LogP contribution in [0, 0.1) is 0 Å². The molecule has 7 heteroatoms. The van der Waals surface area contributed by atoms with E-state index >= 15 is 0 Å². The molecule has 3 aromatic rings. The van der Waals surface area contributed by atoms with Crippen molar-refractivity contribution >= 4 is 44.7 Å². The zero-order valence-corrected chi connectivity index (χ0v) is 14.1. The summed E-state index contributed by atoms with van der Waals surface area (Å²) in [5.74, 6) is 1.11. The van der Waals surface area contributed by atoms with Gasteiger partial charge in [-0.05, 0) is 40.2 Å². The van der Waals surface area contributed by atoms with Crippen LogP contribution in [0.1, 0.15) is 0 Å². The van der Waals surface area contributed by atoms with Gasteiger partial charge in [0.2, 0.25) is 0 Å². The third-order valence-electron chi connectivity index (χ3n) is 3.08. The number of methoxy groups -OCH3 is 1. The van der Waals surface area contributed by atoms with Crippen LogP contribution in [0.15, 0.2) is 33.4 Å². The predicted octanol–water partition coefficient (Wildman–Crippen LogP) is 4.81. The predicted molar refractivity (Wildman–Crippen MR) is 91.0 cm³/mol. The quantitative estimate of drug-likeness (QED) is 0.681. The third kappa shape index (κ3) is 2.66. The molecule has 108 valence electrons. The number of aromatic nitrogens is 2. The van der Waals surface area contributed by atoms with Gasteiger partial charge in [0, 0.05) is 21.5 Å². The molecule has 0 bridgehead atoms. The molecule has 2 aromatic heterocycles. The topological polar surface area (TPSA) is 63.9 Å². The number of rotatable bonds is 3. The lowest BCUT2D eigenvalue weighted by Gasteiger charge is -2.10. The average Bonchev–Trinajstić information content (AvgIpc) is 3.04. The number of nitrogens with two attached hydrogens (primary N) is 1. The molecule has 0 unspecified atom stereocenters. The van der Waals surface area contributed by atoms with Crippen molar-refractivity contribution in [3.05, 3.63) is 38.5 Å². The molecule has 3 rings (SSSR count). The van der Waals surface area contributed by atoms with Crippen LogP contribution in [0.5, 0.6) is 5.75 Å². The molecule has 0 atom stereocenters. The summed E-state index contributed by atoms with van der Waals surface area (Å²) < 4.78 is 6.45. The van der Waals surface area contributed by atoms with Crippen molar-refractivity contribution in [2.24, 2.45) is 0 Å². The van der Waals surface area contributed by atoms with Gasteiger partial charge in [-0.15, -0.1) is 11.3 Å². The summed E-state index contributed by atoms with van der Waals surface area (Å²) in [7, 11) is 1.61. The second-order valence-corrected chi connectivity index (χ2v) is 7.07. The summed E-state index contributed by atoms with van der Waals surface area (Å²) >= 11 is 11.2. The Kier molecular flexibility index (Phi) is 3.93. The Morgan fingerprint density at radius 3 is 2.86 bits per heavy atom. The standard InChI is InChI=1S/C14H11BrClN3OS/c1-20-10-3-2-8(16)5-9(10)12-13(18-19-14(12)17)7-4-11(15)21-6-7/h2-6H,1H3,(H3,17,18,19). The molecule has 0 fully saturated rings. The SMILES string of the molecule is COc1ccc(Cl)cc1-c1c(N)n[nH]c1-c1csc(Br)c1. The average molecular weight is 385 g/mol.